The van der Waals surface area contributed by atoms with E-state index in [0.29, 0.717) is 6.42 Å². The summed E-state index contributed by atoms with van der Waals surface area (Å²) in [5.41, 5.74) is -0.725. The summed E-state index contributed by atoms with van der Waals surface area (Å²) in [6, 6.07) is -0.412. The van der Waals surface area contributed by atoms with Crippen molar-refractivity contribution in [3.63, 3.8) is 0 Å². The van der Waals surface area contributed by atoms with Gasteiger partial charge in [0.05, 0.1) is 0 Å². The first-order valence-electron chi connectivity index (χ1n) is 11.3. The van der Waals surface area contributed by atoms with Crippen LogP contribution in [0.3, 0.4) is 0 Å². The van der Waals surface area contributed by atoms with E-state index in [0.717, 1.165) is 12.8 Å². The number of carboxylic acid groups (broad SMARTS) is 1. The Morgan fingerprint density at radius 2 is 1.34 bits per heavy atom. The van der Waals surface area contributed by atoms with Gasteiger partial charge in [-0.25, -0.2) is 4.79 Å². The molecule has 0 spiro atoms. The fraction of sp³-hybridized carbons (Fsp3) is 0.783. The first kappa shape index (κ1) is 27.1. The minimum atomic E-state index is -0.725. The number of amides is 3. The third-order valence-electron chi connectivity index (χ3n) is 4.87. The Morgan fingerprint density at radius 1 is 0.862 bits per heavy atom. The Morgan fingerprint density at radius 3 is 1.72 bits per heavy atom. The predicted octanol–water partition coefficient (Wildman–Crippen LogP) is 5.71. The SMILES string of the molecule is CC1(C)NC(=O)NC1=O.CCCCCCCC/C=C\CCCCCCCC(=O)O. The monoisotopic (exact) mass is 410 g/mol. The molecule has 1 aliphatic rings. The van der Waals surface area contributed by atoms with Gasteiger partial charge in [0, 0.05) is 6.42 Å². The molecular formula is C23H42N2O4. The average Bonchev–Trinajstić information content (AvgIpc) is 2.88. The van der Waals surface area contributed by atoms with E-state index in [1.165, 1.54) is 70.6 Å². The normalized spacial score (nSPS) is 15.0. The lowest BCUT2D eigenvalue weighted by molar-refractivity contribution is -0.137. The molecule has 1 fully saturated rings. The van der Waals surface area contributed by atoms with E-state index in [9.17, 15) is 14.4 Å². The number of allylic oxidation sites excluding steroid dienone is 2. The number of carbonyl (C=O) groups is 3. The van der Waals surface area contributed by atoms with Crippen LogP contribution in [0.2, 0.25) is 0 Å². The Hall–Kier alpha value is -1.85. The smallest absolute Gasteiger partial charge is 0.322 e. The molecule has 0 radical (unpaired) electrons. The number of rotatable bonds is 15. The molecular weight excluding hydrogens is 368 g/mol. The van der Waals surface area contributed by atoms with Gasteiger partial charge < -0.3 is 10.4 Å². The molecule has 0 aliphatic carbocycles. The summed E-state index contributed by atoms with van der Waals surface area (Å²) >= 11 is 0. The Labute approximate surface area is 176 Å². The fourth-order valence-corrected chi connectivity index (χ4v) is 2.98. The van der Waals surface area contributed by atoms with Crippen LogP contribution in [0.25, 0.3) is 0 Å². The molecule has 1 saturated heterocycles. The average molecular weight is 411 g/mol. The number of carboxylic acids is 1. The van der Waals surface area contributed by atoms with Crippen LogP contribution in [0.5, 0.6) is 0 Å². The Balaban J connectivity index is 0.000000717. The Kier molecular flexibility index (Phi) is 16.0. The molecule has 0 unspecified atom stereocenters. The number of aliphatic carboxylic acids is 1. The van der Waals surface area contributed by atoms with Gasteiger partial charge >= 0.3 is 12.0 Å². The van der Waals surface area contributed by atoms with Crippen LogP contribution in [-0.2, 0) is 9.59 Å². The van der Waals surface area contributed by atoms with Crippen LogP contribution in [0, 0.1) is 0 Å². The summed E-state index contributed by atoms with van der Waals surface area (Å²) in [4.78, 5) is 31.5. The van der Waals surface area contributed by atoms with Crippen molar-refractivity contribution in [1.29, 1.82) is 0 Å². The second kappa shape index (κ2) is 17.0. The number of urea groups is 1. The van der Waals surface area contributed by atoms with Gasteiger partial charge in [-0.2, -0.15) is 0 Å². The lowest BCUT2D eigenvalue weighted by atomic mass is 10.1. The molecule has 29 heavy (non-hydrogen) atoms. The highest BCUT2D eigenvalue weighted by Gasteiger charge is 2.36. The highest BCUT2D eigenvalue weighted by atomic mass is 16.4. The van der Waals surface area contributed by atoms with Crippen molar-refractivity contribution in [2.24, 2.45) is 0 Å². The fourth-order valence-electron chi connectivity index (χ4n) is 2.98. The molecule has 1 rings (SSSR count). The molecule has 0 aromatic carbocycles. The molecule has 3 amide bonds. The van der Waals surface area contributed by atoms with Crippen LogP contribution in [-0.4, -0.2) is 28.6 Å². The number of unbranched alkanes of at least 4 members (excludes halogenated alkanes) is 11. The van der Waals surface area contributed by atoms with Crippen LogP contribution >= 0.6 is 0 Å². The number of hydrogen-bond donors (Lipinski definition) is 3. The second-order valence-electron chi connectivity index (χ2n) is 8.26. The van der Waals surface area contributed by atoms with Gasteiger partial charge in [0.15, 0.2) is 0 Å². The van der Waals surface area contributed by atoms with Crippen LogP contribution in [0.4, 0.5) is 4.79 Å². The summed E-state index contributed by atoms with van der Waals surface area (Å²) in [5, 5.41) is 13.1. The standard InChI is InChI=1S/C18H34O2.C5H8N2O2/c1-2-3-4-5-6-7-8-9-10-11-12-13-14-15-16-17-18(19)20;1-5(2)3(8)6-4(9)7-5/h9-10H,2-8,11-17H2,1H3,(H,19,20);1-2H3,(H2,6,7,8,9)/b10-9-;. The molecule has 168 valence electrons. The molecule has 1 heterocycles. The van der Waals surface area contributed by atoms with E-state index in [2.05, 4.69) is 29.7 Å². The molecule has 0 aromatic heterocycles. The third-order valence-corrected chi connectivity index (χ3v) is 4.87. The highest BCUT2D eigenvalue weighted by molar-refractivity contribution is 6.06. The van der Waals surface area contributed by atoms with Crippen molar-refractivity contribution in [3.8, 4) is 0 Å². The zero-order chi connectivity index (χ0) is 22.0. The van der Waals surface area contributed by atoms with Crippen LogP contribution < -0.4 is 10.6 Å². The summed E-state index contributed by atoms with van der Waals surface area (Å²) < 4.78 is 0. The minimum absolute atomic E-state index is 0.271. The predicted molar refractivity (Wildman–Crippen MR) is 118 cm³/mol. The lowest BCUT2D eigenvalue weighted by Crippen LogP contribution is -2.39. The first-order chi connectivity index (χ1) is 13.8. The number of nitrogens with one attached hydrogen (secondary N) is 2. The molecule has 3 N–H and O–H groups in total. The van der Waals surface area contributed by atoms with E-state index in [-0.39, 0.29) is 5.91 Å². The summed E-state index contributed by atoms with van der Waals surface area (Å²) in [5.74, 6) is -0.935. The maximum atomic E-state index is 10.7. The zero-order valence-corrected chi connectivity index (χ0v) is 18.7. The van der Waals surface area contributed by atoms with Crippen LogP contribution in [0.15, 0.2) is 12.2 Å². The summed E-state index contributed by atoms with van der Waals surface area (Å²) in [7, 11) is 0. The van der Waals surface area contributed by atoms with Gasteiger partial charge in [-0.05, 0) is 46.0 Å². The molecule has 0 bridgehead atoms. The maximum absolute atomic E-state index is 10.7. The first-order valence-corrected chi connectivity index (χ1v) is 11.3. The van der Waals surface area contributed by atoms with Crippen molar-refractivity contribution in [1.82, 2.24) is 10.6 Å². The van der Waals surface area contributed by atoms with E-state index in [1.54, 1.807) is 13.8 Å². The second-order valence-corrected chi connectivity index (χ2v) is 8.26. The van der Waals surface area contributed by atoms with E-state index in [4.69, 9.17) is 5.11 Å². The van der Waals surface area contributed by atoms with Gasteiger partial charge in [-0.3, -0.25) is 14.9 Å². The van der Waals surface area contributed by atoms with Gasteiger partial charge in [0.2, 0.25) is 0 Å². The van der Waals surface area contributed by atoms with E-state index in [1.807, 2.05) is 0 Å². The topological polar surface area (TPSA) is 95.5 Å². The number of carbonyl (C=O) groups excluding carboxylic acids is 2. The molecule has 0 saturated carbocycles. The largest absolute Gasteiger partial charge is 0.481 e. The molecule has 0 aromatic rings. The van der Waals surface area contributed by atoms with Crippen molar-refractivity contribution >= 4 is 17.9 Å². The van der Waals surface area contributed by atoms with Crippen molar-refractivity contribution in [3.05, 3.63) is 12.2 Å². The number of imide groups is 1. The molecule has 0 atom stereocenters. The summed E-state index contributed by atoms with van der Waals surface area (Å²) in [6.45, 7) is 5.55. The quantitative estimate of drug-likeness (QED) is 0.183. The molecule has 6 nitrogen and oxygen atoms in total. The minimum Gasteiger partial charge on any atom is -0.481 e. The molecule has 6 heteroatoms. The molecule has 1 aliphatic heterocycles. The maximum Gasteiger partial charge on any atom is 0.322 e. The van der Waals surface area contributed by atoms with E-state index >= 15 is 0 Å². The van der Waals surface area contributed by atoms with Gasteiger partial charge in [0.25, 0.3) is 5.91 Å². The lowest BCUT2D eigenvalue weighted by Gasteiger charge is -2.11. The van der Waals surface area contributed by atoms with E-state index < -0.39 is 17.5 Å². The van der Waals surface area contributed by atoms with Crippen LogP contribution in [0.1, 0.15) is 111 Å². The van der Waals surface area contributed by atoms with Crippen molar-refractivity contribution in [2.75, 3.05) is 0 Å². The summed E-state index contributed by atoms with van der Waals surface area (Å²) in [6.07, 6.45) is 21.2. The number of hydrogen-bond acceptors (Lipinski definition) is 3. The third kappa shape index (κ3) is 16.8. The van der Waals surface area contributed by atoms with Gasteiger partial charge in [-0.15, -0.1) is 0 Å². The van der Waals surface area contributed by atoms with Gasteiger partial charge in [-0.1, -0.05) is 70.4 Å². The van der Waals surface area contributed by atoms with Crippen molar-refractivity contribution < 1.29 is 19.5 Å². The highest BCUT2D eigenvalue weighted by Crippen LogP contribution is 2.10. The Bertz CT molecular complexity index is 501. The zero-order valence-electron chi connectivity index (χ0n) is 18.7. The van der Waals surface area contributed by atoms with Crippen molar-refractivity contribution in [2.45, 2.75) is 116 Å². The van der Waals surface area contributed by atoms with Gasteiger partial charge in [0.1, 0.15) is 5.54 Å².